The van der Waals surface area contributed by atoms with Crippen molar-refractivity contribution in [3.63, 3.8) is 0 Å². The van der Waals surface area contributed by atoms with Crippen LogP contribution in [-0.2, 0) is 17.1 Å². The molecule has 30 heavy (non-hydrogen) atoms. The highest BCUT2D eigenvalue weighted by Crippen LogP contribution is 2.31. The summed E-state index contributed by atoms with van der Waals surface area (Å²) in [5.41, 5.74) is 1.58. The zero-order valence-corrected chi connectivity index (χ0v) is 18.7. The summed E-state index contributed by atoms with van der Waals surface area (Å²) in [7, 11) is 0. The maximum absolute atomic E-state index is 13.2. The molecule has 0 saturated carbocycles. The van der Waals surface area contributed by atoms with Crippen LogP contribution in [-0.4, -0.2) is 20.7 Å². The summed E-state index contributed by atoms with van der Waals surface area (Å²) in [6.45, 7) is 2.26. The Morgan fingerprint density at radius 2 is 1.93 bits per heavy atom. The number of amides is 1. The van der Waals surface area contributed by atoms with Crippen molar-refractivity contribution in [1.29, 1.82) is 0 Å². The van der Waals surface area contributed by atoms with Crippen LogP contribution in [0.2, 0.25) is 10.0 Å². The van der Waals surface area contributed by atoms with E-state index in [2.05, 4.69) is 15.5 Å². The van der Waals surface area contributed by atoms with Crippen LogP contribution in [0.3, 0.4) is 0 Å². The van der Waals surface area contributed by atoms with Gasteiger partial charge >= 0.3 is 0 Å². The topological polar surface area (TPSA) is 59.8 Å². The van der Waals surface area contributed by atoms with E-state index in [-0.39, 0.29) is 18.3 Å². The summed E-state index contributed by atoms with van der Waals surface area (Å²) in [5, 5.41) is 13.0. The number of hydrogen-bond donors (Lipinski definition) is 1. The Morgan fingerprint density at radius 1 is 1.17 bits per heavy atom. The number of rotatable bonds is 9. The van der Waals surface area contributed by atoms with Crippen LogP contribution in [0.15, 0.2) is 47.6 Å². The van der Waals surface area contributed by atoms with Crippen LogP contribution in [0.4, 0.5) is 4.39 Å². The van der Waals surface area contributed by atoms with Gasteiger partial charge in [-0.15, -0.1) is 10.2 Å². The predicted molar refractivity (Wildman–Crippen MR) is 119 cm³/mol. The normalized spacial score (nSPS) is 10.9. The molecular weight excluding hydrogens is 446 g/mol. The summed E-state index contributed by atoms with van der Waals surface area (Å²) in [4.78, 5) is 12.0. The van der Waals surface area contributed by atoms with Gasteiger partial charge < -0.3 is 5.32 Å². The molecule has 0 aliphatic rings. The van der Waals surface area contributed by atoms with Crippen molar-refractivity contribution in [3.8, 4) is 5.69 Å². The summed E-state index contributed by atoms with van der Waals surface area (Å²) in [5.74, 6) is 0.799. The molecule has 0 aliphatic heterocycles. The molecule has 1 amide bonds. The summed E-state index contributed by atoms with van der Waals surface area (Å²) in [6.07, 6.45) is 2.25. The van der Waals surface area contributed by atoms with Gasteiger partial charge in [0, 0.05) is 17.2 Å². The molecule has 0 aliphatic carbocycles. The first-order chi connectivity index (χ1) is 14.5. The minimum Gasteiger partial charge on any atom is -0.349 e. The molecule has 0 atom stereocenters. The molecule has 0 saturated heterocycles. The standard InChI is InChI=1S/C21H21Cl2FN4OS/c1-2-3-4-20(29)25-12-19-26-27-21(30-13-14-5-8-16(24)9-6-14)28(19)18-11-15(22)7-10-17(18)23/h5-11H,2-4,12-13H2,1H3,(H,25,29). The Balaban J connectivity index is 1.86. The average Bonchev–Trinajstić information content (AvgIpc) is 3.14. The van der Waals surface area contributed by atoms with E-state index in [0.717, 1.165) is 18.4 Å². The fourth-order valence-corrected chi connectivity index (χ4v) is 4.03. The monoisotopic (exact) mass is 466 g/mol. The van der Waals surface area contributed by atoms with Crippen molar-refractivity contribution in [2.24, 2.45) is 0 Å². The molecule has 0 fully saturated rings. The van der Waals surface area contributed by atoms with E-state index in [1.54, 1.807) is 34.9 Å². The lowest BCUT2D eigenvalue weighted by Crippen LogP contribution is -2.24. The Hall–Kier alpha value is -2.09. The van der Waals surface area contributed by atoms with Gasteiger partial charge in [-0.2, -0.15) is 0 Å². The molecule has 0 bridgehead atoms. The number of carbonyl (C=O) groups is 1. The highest BCUT2D eigenvalue weighted by molar-refractivity contribution is 7.98. The molecule has 3 rings (SSSR count). The average molecular weight is 467 g/mol. The van der Waals surface area contributed by atoms with Crippen molar-refractivity contribution in [1.82, 2.24) is 20.1 Å². The molecule has 158 valence electrons. The smallest absolute Gasteiger partial charge is 0.220 e. The van der Waals surface area contributed by atoms with E-state index in [0.29, 0.717) is 38.9 Å². The lowest BCUT2D eigenvalue weighted by molar-refractivity contribution is -0.121. The molecule has 0 unspecified atom stereocenters. The Labute approximate surface area is 189 Å². The number of aromatic nitrogens is 3. The van der Waals surface area contributed by atoms with Crippen molar-refractivity contribution in [3.05, 3.63) is 69.7 Å². The van der Waals surface area contributed by atoms with E-state index in [9.17, 15) is 9.18 Å². The van der Waals surface area contributed by atoms with Gasteiger partial charge in [-0.3, -0.25) is 9.36 Å². The van der Waals surface area contributed by atoms with Crippen LogP contribution >= 0.6 is 35.0 Å². The fourth-order valence-electron chi connectivity index (χ4n) is 2.74. The van der Waals surface area contributed by atoms with Gasteiger partial charge in [-0.1, -0.05) is 60.4 Å². The fraction of sp³-hybridized carbons (Fsp3) is 0.286. The van der Waals surface area contributed by atoms with E-state index < -0.39 is 0 Å². The number of halogens is 3. The molecule has 0 spiro atoms. The highest BCUT2D eigenvalue weighted by Gasteiger charge is 2.18. The Bertz CT molecular complexity index is 1010. The quantitative estimate of drug-likeness (QED) is 0.404. The van der Waals surface area contributed by atoms with Crippen LogP contribution < -0.4 is 5.32 Å². The first kappa shape index (κ1) is 22.6. The van der Waals surface area contributed by atoms with Crippen LogP contribution in [0.25, 0.3) is 5.69 Å². The molecule has 3 aromatic rings. The van der Waals surface area contributed by atoms with Crippen LogP contribution in [0.5, 0.6) is 0 Å². The SMILES string of the molecule is CCCCC(=O)NCc1nnc(SCc2ccc(F)cc2)n1-c1cc(Cl)ccc1Cl. The second kappa shape index (κ2) is 10.8. The Morgan fingerprint density at radius 3 is 2.67 bits per heavy atom. The molecule has 1 N–H and O–H groups in total. The first-order valence-corrected chi connectivity index (χ1v) is 11.3. The largest absolute Gasteiger partial charge is 0.349 e. The predicted octanol–water partition coefficient (Wildman–Crippen LogP) is 5.81. The van der Waals surface area contributed by atoms with Crippen LogP contribution in [0.1, 0.15) is 37.6 Å². The van der Waals surface area contributed by atoms with Crippen molar-refractivity contribution in [2.45, 2.75) is 43.6 Å². The van der Waals surface area contributed by atoms with Gasteiger partial charge in [0.1, 0.15) is 5.82 Å². The van der Waals surface area contributed by atoms with Gasteiger partial charge in [-0.05, 0) is 42.3 Å². The third-order valence-electron chi connectivity index (χ3n) is 4.33. The lowest BCUT2D eigenvalue weighted by atomic mass is 10.2. The van der Waals surface area contributed by atoms with E-state index in [1.165, 1.54) is 23.9 Å². The zero-order valence-electron chi connectivity index (χ0n) is 16.4. The Kier molecular flexibility index (Phi) is 8.13. The molecule has 1 aromatic heterocycles. The number of benzene rings is 2. The third-order valence-corrected chi connectivity index (χ3v) is 5.89. The lowest BCUT2D eigenvalue weighted by Gasteiger charge is -2.13. The van der Waals surface area contributed by atoms with E-state index in [4.69, 9.17) is 23.2 Å². The maximum atomic E-state index is 13.2. The minimum absolute atomic E-state index is 0.0379. The summed E-state index contributed by atoms with van der Waals surface area (Å²) in [6, 6.07) is 11.4. The number of thioether (sulfide) groups is 1. The van der Waals surface area contributed by atoms with Gasteiger partial charge in [0.2, 0.25) is 5.91 Å². The molecule has 2 aromatic carbocycles. The maximum Gasteiger partial charge on any atom is 0.220 e. The second-order valence-electron chi connectivity index (χ2n) is 6.63. The van der Waals surface area contributed by atoms with E-state index in [1.807, 2.05) is 6.92 Å². The van der Waals surface area contributed by atoms with Gasteiger partial charge in [0.05, 0.1) is 17.3 Å². The van der Waals surface area contributed by atoms with Crippen molar-refractivity contribution in [2.75, 3.05) is 0 Å². The van der Waals surface area contributed by atoms with Crippen molar-refractivity contribution >= 4 is 40.9 Å². The van der Waals surface area contributed by atoms with Crippen LogP contribution in [0, 0.1) is 5.82 Å². The highest BCUT2D eigenvalue weighted by atomic mass is 35.5. The number of unbranched alkanes of at least 4 members (excludes halogenated alkanes) is 1. The molecule has 5 nitrogen and oxygen atoms in total. The molecule has 0 radical (unpaired) electrons. The number of hydrogen-bond acceptors (Lipinski definition) is 4. The van der Waals surface area contributed by atoms with Gasteiger partial charge in [-0.25, -0.2) is 4.39 Å². The van der Waals surface area contributed by atoms with Gasteiger partial charge in [0.15, 0.2) is 11.0 Å². The number of nitrogens with one attached hydrogen (secondary N) is 1. The molecule has 9 heteroatoms. The zero-order chi connectivity index (χ0) is 21.5. The summed E-state index contributed by atoms with van der Waals surface area (Å²) < 4.78 is 14.9. The second-order valence-corrected chi connectivity index (χ2v) is 8.41. The molecular formula is C21H21Cl2FN4OS. The number of carbonyl (C=O) groups excluding carboxylic acids is 1. The molecule has 1 heterocycles. The van der Waals surface area contributed by atoms with Gasteiger partial charge in [0.25, 0.3) is 0 Å². The van der Waals surface area contributed by atoms with E-state index >= 15 is 0 Å². The number of nitrogens with zero attached hydrogens (tertiary/aromatic N) is 3. The van der Waals surface area contributed by atoms with Crippen molar-refractivity contribution < 1.29 is 9.18 Å². The first-order valence-electron chi connectivity index (χ1n) is 9.51. The summed E-state index contributed by atoms with van der Waals surface area (Å²) >= 11 is 14.0. The minimum atomic E-state index is -0.279. The third kappa shape index (κ3) is 5.97.